The molecule has 0 aliphatic carbocycles. The second-order valence-electron chi connectivity index (χ2n) is 6.67. The van der Waals surface area contributed by atoms with E-state index >= 15 is 0 Å². The summed E-state index contributed by atoms with van der Waals surface area (Å²) in [5.74, 6) is 1.75. The van der Waals surface area contributed by atoms with Crippen LogP contribution in [0.25, 0.3) is 0 Å². The quantitative estimate of drug-likeness (QED) is 0.611. The van der Waals surface area contributed by atoms with E-state index < -0.39 is 22.0 Å². The van der Waals surface area contributed by atoms with Crippen LogP contribution in [0.4, 0.5) is 0 Å². The van der Waals surface area contributed by atoms with Crippen LogP contribution in [0, 0.1) is 0 Å². The number of nitrogens with one attached hydrogen (secondary N) is 2. The fraction of sp³-hybridized carbons (Fsp3) is 0.350. The van der Waals surface area contributed by atoms with Gasteiger partial charge in [-0.25, -0.2) is 8.42 Å². The number of amides is 1. The van der Waals surface area contributed by atoms with Crippen molar-refractivity contribution in [2.24, 2.45) is 0 Å². The number of ether oxygens (including phenoxy) is 4. The molecule has 1 unspecified atom stereocenters. The summed E-state index contributed by atoms with van der Waals surface area (Å²) in [6, 6.07) is 9.26. The summed E-state index contributed by atoms with van der Waals surface area (Å²) in [4.78, 5) is 12.8. The van der Waals surface area contributed by atoms with Gasteiger partial charge >= 0.3 is 0 Å². The molecule has 1 heterocycles. The number of hydrogen-bond donors (Lipinski definition) is 2. The zero-order valence-electron chi connectivity index (χ0n) is 16.9. The Balaban J connectivity index is 1.69. The largest absolute Gasteiger partial charge is 0.493 e. The maximum atomic E-state index is 12.8. The summed E-state index contributed by atoms with van der Waals surface area (Å²) in [7, 11) is -0.528. The van der Waals surface area contributed by atoms with Crippen molar-refractivity contribution >= 4 is 15.9 Å². The number of carbonyl (C=O) groups is 1. The number of fused-ring (bicyclic) bond motifs is 1. The first-order chi connectivity index (χ1) is 14.3. The standard InChI is InChI=1S/C20H24N2O7S/c1-26-15-6-4-13(10-17(15)27-2)8-9-21-20(23)19(22-30(3,24)25)14-5-7-16-18(11-14)29-12-28-16/h4-7,10-11,19,22H,8-9,12H2,1-3H3,(H,21,23). The minimum atomic E-state index is -3.64. The van der Waals surface area contributed by atoms with Crippen LogP contribution in [0.1, 0.15) is 17.2 Å². The molecule has 2 N–H and O–H groups in total. The van der Waals surface area contributed by atoms with Gasteiger partial charge in [-0.2, -0.15) is 4.72 Å². The maximum Gasteiger partial charge on any atom is 0.242 e. The van der Waals surface area contributed by atoms with E-state index in [1.807, 2.05) is 12.1 Å². The molecule has 0 aromatic heterocycles. The van der Waals surface area contributed by atoms with Crippen LogP contribution >= 0.6 is 0 Å². The summed E-state index contributed by atoms with van der Waals surface area (Å²) in [6.07, 6.45) is 1.53. The number of rotatable bonds is 9. The lowest BCUT2D eigenvalue weighted by Gasteiger charge is -2.18. The first-order valence-corrected chi connectivity index (χ1v) is 11.1. The lowest BCUT2D eigenvalue weighted by atomic mass is 10.1. The third-order valence-electron chi connectivity index (χ3n) is 4.48. The van der Waals surface area contributed by atoms with E-state index in [9.17, 15) is 13.2 Å². The number of methoxy groups -OCH3 is 2. The van der Waals surface area contributed by atoms with E-state index in [1.54, 1.807) is 38.5 Å². The van der Waals surface area contributed by atoms with Gasteiger partial charge in [0.05, 0.1) is 20.5 Å². The van der Waals surface area contributed by atoms with Gasteiger partial charge in [-0.05, 0) is 41.8 Å². The number of benzene rings is 2. The molecule has 0 radical (unpaired) electrons. The molecule has 1 atom stereocenters. The lowest BCUT2D eigenvalue weighted by Crippen LogP contribution is -2.40. The SMILES string of the molecule is COc1ccc(CCNC(=O)C(NS(C)(=O)=O)c2ccc3c(c2)OCO3)cc1OC. The summed E-state index contributed by atoms with van der Waals surface area (Å²) in [6.45, 7) is 0.390. The van der Waals surface area contributed by atoms with E-state index in [2.05, 4.69) is 10.0 Å². The highest BCUT2D eigenvalue weighted by Gasteiger charge is 2.26. The van der Waals surface area contributed by atoms with Crippen molar-refractivity contribution in [3.63, 3.8) is 0 Å². The fourth-order valence-electron chi connectivity index (χ4n) is 3.05. The van der Waals surface area contributed by atoms with Crippen LogP contribution in [0.3, 0.4) is 0 Å². The van der Waals surface area contributed by atoms with Crippen LogP contribution in [0.15, 0.2) is 36.4 Å². The van der Waals surface area contributed by atoms with Crippen molar-refractivity contribution in [1.82, 2.24) is 10.0 Å². The van der Waals surface area contributed by atoms with Gasteiger partial charge in [0.15, 0.2) is 23.0 Å². The van der Waals surface area contributed by atoms with Crippen LogP contribution < -0.4 is 29.0 Å². The summed E-state index contributed by atoms with van der Waals surface area (Å²) < 4.78 is 47.1. The average Bonchev–Trinajstić information content (AvgIpc) is 3.19. The molecule has 1 aliphatic heterocycles. The predicted molar refractivity (Wildman–Crippen MR) is 110 cm³/mol. The molecule has 0 spiro atoms. The van der Waals surface area contributed by atoms with Gasteiger partial charge in [0.25, 0.3) is 0 Å². The molecule has 0 saturated carbocycles. The lowest BCUT2D eigenvalue weighted by molar-refractivity contribution is -0.122. The topological polar surface area (TPSA) is 112 Å². The first-order valence-electron chi connectivity index (χ1n) is 9.16. The Hall–Kier alpha value is -2.98. The monoisotopic (exact) mass is 436 g/mol. The predicted octanol–water partition coefficient (Wildman–Crippen LogP) is 1.38. The molecule has 2 aromatic rings. The van der Waals surface area contributed by atoms with Crippen molar-refractivity contribution in [2.45, 2.75) is 12.5 Å². The Kier molecular flexibility index (Phi) is 6.68. The maximum absolute atomic E-state index is 12.8. The Bertz CT molecular complexity index is 1020. The van der Waals surface area contributed by atoms with Crippen molar-refractivity contribution in [3.05, 3.63) is 47.5 Å². The molecular formula is C20H24N2O7S. The van der Waals surface area contributed by atoms with Crippen molar-refractivity contribution in [1.29, 1.82) is 0 Å². The molecule has 3 rings (SSSR count). The molecule has 162 valence electrons. The van der Waals surface area contributed by atoms with Crippen LogP contribution in [0.2, 0.25) is 0 Å². The molecular weight excluding hydrogens is 412 g/mol. The number of carbonyl (C=O) groups excluding carboxylic acids is 1. The van der Waals surface area contributed by atoms with E-state index in [1.165, 1.54) is 0 Å². The van der Waals surface area contributed by atoms with Gasteiger partial charge in [0.2, 0.25) is 22.7 Å². The third-order valence-corrected chi connectivity index (χ3v) is 5.15. The van der Waals surface area contributed by atoms with Gasteiger partial charge in [0.1, 0.15) is 6.04 Å². The molecule has 10 heteroatoms. The molecule has 2 aromatic carbocycles. The van der Waals surface area contributed by atoms with Gasteiger partial charge in [0, 0.05) is 6.54 Å². The minimum absolute atomic E-state index is 0.0838. The highest BCUT2D eigenvalue weighted by molar-refractivity contribution is 7.88. The van der Waals surface area contributed by atoms with E-state index in [0.717, 1.165) is 11.8 Å². The molecule has 0 fully saturated rings. The second kappa shape index (κ2) is 9.23. The molecule has 30 heavy (non-hydrogen) atoms. The van der Waals surface area contributed by atoms with E-state index in [0.29, 0.717) is 41.5 Å². The molecule has 0 bridgehead atoms. The minimum Gasteiger partial charge on any atom is -0.493 e. The van der Waals surface area contributed by atoms with Gasteiger partial charge in [-0.15, -0.1) is 0 Å². The Morgan fingerprint density at radius 3 is 2.50 bits per heavy atom. The average molecular weight is 436 g/mol. The van der Waals surface area contributed by atoms with Gasteiger partial charge < -0.3 is 24.3 Å². The number of hydrogen-bond acceptors (Lipinski definition) is 7. The fourth-order valence-corrected chi connectivity index (χ4v) is 3.72. The van der Waals surface area contributed by atoms with E-state index in [4.69, 9.17) is 18.9 Å². The third kappa shape index (κ3) is 5.33. The Morgan fingerprint density at radius 1 is 1.07 bits per heavy atom. The van der Waals surface area contributed by atoms with Gasteiger partial charge in [-0.1, -0.05) is 12.1 Å². The van der Waals surface area contributed by atoms with E-state index in [-0.39, 0.29) is 6.79 Å². The van der Waals surface area contributed by atoms with Crippen molar-refractivity contribution in [3.8, 4) is 23.0 Å². The Labute approximate surface area is 175 Å². The highest BCUT2D eigenvalue weighted by atomic mass is 32.2. The first kappa shape index (κ1) is 21.7. The zero-order chi connectivity index (χ0) is 21.7. The summed E-state index contributed by atoms with van der Waals surface area (Å²) in [5.41, 5.74) is 1.39. The summed E-state index contributed by atoms with van der Waals surface area (Å²) in [5, 5.41) is 2.78. The van der Waals surface area contributed by atoms with Crippen molar-refractivity contribution in [2.75, 3.05) is 33.8 Å². The van der Waals surface area contributed by atoms with Crippen LogP contribution in [-0.4, -0.2) is 48.1 Å². The van der Waals surface area contributed by atoms with Crippen LogP contribution in [-0.2, 0) is 21.2 Å². The molecule has 9 nitrogen and oxygen atoms in total. The van der Waals surface area contributed by atoms with Gasteiger partial charge in [-0.3, -0.25) is 4.79 Å². The molecule has 0 saturated heterocycles. The molecule has 1 aliphatic rings. The smallest absolute Gasteiger partial charge is 0.242 e. The second-order valence-corrected chi connectivity index (χ2v) is 8.45. The highest BCUT2D eigenvalue weighted by Crippen LogP contribution is 2.34. The zero-order valence-corrected chi connectivity index (χ0v) is 17.7. The Morgan fingerprint density at radius 2 is 1.80 bits per heavy atom. The number of sulfonamides is 1. The molecule has 1 amide bonds. The summed E-state index contributed by atoms with van der Waals surface area (Å²) >= 11 is 0. The van der Waals surface area contributed by atoms with Crippen LogP contribution in [0.5, 0.6) is 23.0 Å². The normalized spacial score (nSPS) is 13.6. The van der Waals surface area contributed by atoms with Crippen molar-refractivity contribution < 1.29 is 32.2 Å².